The molecular formula is C17H25BrO. The molecule has 2 heteroatoms. The zero-order chi connectivity index (χ0) is 13.7. The van der Waals surface area contributed by atoms with Crippen molar-refractivity contribution in [3.05, 3.63) is 35.9 Å². The topological polar surface area (TPSA) is 9.23 Å². The van der Waals surface area contributed by atoms with Crippen LogP contribution in [0.25, 0.3) is 0 Å². The number of alkyl halides is 1. The fraction of sp³-hybridized carbons (Fsp3) is 0.647. The molecule has 19 heavy (non-hydrogen) atoms. The first-order valence-corrected chi connectivity index (χ1v) is 8.52. The molecule has 1 fully saturated rings. The maximum Gasteiger partial charge on any atom is 0.0986 e. The average molecular weight is 325 g/mol. The van der Waals surface area contributed by atoms with Crippen LogP contribution in [0.15, 0.2) is 30.3 Å². The van der Waals surface area contributed by atoms with Crippen LogP contribution in [0.2, 0.25) is 0 Å². The van der Waals surface area contributed by atoms with E-state index in [4.69, 9.17) is 4.74 Å². The molecule has 0 N–H and O–H groups in total. The number of unbranched alkanes of at least 4 members (excludes halogenated alkanes) is 2. The quantitative estimate of drug-likeness (QED) is 0.589. The molecule has 1 nitrogen and oxygen atoms in total. The fourth-order valence-electron chi connectivity index (χ4n) is 2.93. The van der Waals surface area contributed by atoms with E-state index in [0.29, 0.717) is 4.83 Å². The van der Waals surface area contributed by atoms with Crippen LogP contribution in [0.4, 0.5) is 0 Å². The molecule has 1 saturated heterocycles. The SMILES string of the molecule is CCCCC1(CCCC)O[C@H](c2ccccc2)[C@H]1Br. The summed E-state index contributed by atoms with van der Waals surface area (Å²) in [6.45, 7) is 4.51. The van der Waals surface area contributed by atoms with Crippen molar-refractivity contribution in [1.82, 2.24) is 0 Å². The van der Waals surface area contributed by atoms with Crippen molar-refractivity contribution in [2.45, 2.75) is 68.9 Å². The zero-order valence-electron chi connectivity index (χ0n) is 12.1. The molecule has 0 aliphatic carbocycles. The van der Waals surface area contributed by atoms with Crippen molar-refractivity contribution in [3.63, 3.8) is 0 Å². The Bertz CT molecular complexity index is 368. The van der Waals surface area contributed by atoms with Gasteiger partial charge in [-0.25, -0.2) is 0 Å². The van der Waals surface area contributed by atoms with E-state index in [1.165, 1.54) is 44.1 Å². The van der Waals surface area contributed by atoms with Crippen LogP contribution in [0, 0.1) is 0 Å². The average Bonchev–Trinajstić information content (AvgIpc) is 2.46. The van der Waals surface area contributed by atoms with E-state index in [0.717, 1.165) is 0 Å². The highest BCUT2D eigenvalue weighted by Crippen LogP contribution is 2.52. The lowest BCUT2D eigenvalue weighted by Gasteiger charge is -2.53. The van der Waals surface area contributed by atoms with Crippen LogP contribution < -0.4 is 0 Å². The molecule has 1 heterocycles. The molecule has 0 saturated carbocycles. The minimum atomic E-state index is 0.0759. The van der Waals surface area contributed by atoms with Crippen LogP contribution in [0.5, 0.6) is 0 Å². The number of hydrogen-bond acceptors (Lipinski definition) is 1. The second-order valence-electron chi connectivity index (χ2n) is 5.62. The molecule has 1 aliphatic heterocycles. The Morgan fingerprint density at radius 3 is 2.11 bits per heavy atom. The number of benzene rings is 1. The Labute approximate surface area is 125 Å². The zero-order valence-corrected chi connectivity index (χ0v) is 13.7. The summed E-state index contributed by atoms with van der Waals surface area (Å²) in [6, 6.07) is 10.6. The fourth-order valence-corrected chi connectivity index (χ4v) is 3.91. The molecular weight excluding hydrogens is 300 g/mol. The Morgan fingerprint density at radius 1 is 1.05 bits per heavy atom. The molecule has 2 atom stereocenters. The molecule has 106 valence electrons. The molecule has 1 aromatic rings. The van der Waals surface area contributed by atoms with Gasteiger partial charge >= 0.3 is 0 Å². The summed E-state index contributed by atoms with van der Waals surface area (Å²) < 4.78 is 6.38. The van der Waals surface area contributed by atoms with Crippen molar-refractivity contribution >= 4 is 15.9 Å². The summed E-state index contributed by atoms with van der Waals surface area (Å²) in [5, 5.41) is 0. The third-order valence-electron chi connectivity index (χ3n) is 4.17. The van der Waals surface area contributed by atoms with E-state index in [9.17, 15) is 0 Å². The summed E-state index contributed by atoms with van der Waals surface area (Å²) in [7, 11) is 0. The second kappa shape index (κ2) is 6.90. The third-order valence-corrected chi connectivity index (χ3v) is 5.48. The van der Waals surface area contributed by atoms with Gasteiger partial charge in [0.2, 0.25) is 0 Å². The van der Waals surface area contributed by atoms with Gasteiger partial charge in [0.1, 0.15) is 0 Å². The Kier molecular flexibility index (Phi) is 5.47. The highest BCUT2D eigenvalue weighted by atomic mass is 79.9. The van der Waals surface area contributed by atoms with Crippen molar-refractivity contribution < 1.29 is 4.74 Å². The van der Waals surface area contributed by atoms with Gasteiger partial charge in [0, 0.05) is 0 Å². The minimum absolute atomic E-state index is 0.0759. The van der Waals surface area contributed by atoms with E-state index < -0.39 is 0 Å². The first kappa shape index (κ1) is 15.1. The standard InChI is InChI=1S/C17H25BrO/c1-3-5-12-17(13-6-4-2)16(18)15(19-17)14-10-8-7-9-11-14/h7-11,15-16H,3-6,12-13H2,1-2H3/t15-,16-/m1/s1. The molecule has 0 bridgehead atoms. The predicted octanol–water partition coefficient (Wildman–Crippen LogP) is 5.64. The van der Waals surface area contributed by atoms with Crippen molar-refractivity contribution in [2.75, 3.05) is 0 Å². The number of halogens is 1. The normalized spacial score (nSPS) is 25.0. The predicted molar refractivity (Wildman–Crippen MR) is 84.8 cm³/mol. The Hall–Kier alpha value is -0.340. The smallest absolute Gasteiger partial charge is 0.0986 e. The summed E-state index contributed by atoms with van der Waals surface area (Å²) in [5.41, 5.74) is 1.37. The summed E-state index contributed by atoms with van der Waals surface area (Å²) in [6.07, 6.45) is 7.60. The number of rotatable bonds is 7. The number of ether oxygens (including phenoxy) is 1. The highest BCUT2D eigenvalue weighted by Gasteiger charge is 2.53. The van der Waals surface area contributed by atoms with E-state index in [1.807, 2.05) is 0 Å². The van der Waals surface area contributed by atoms with Crippen LogP contribution in [-0.2, 0) is 4.74 Å². The first-order valence-electron chi connectivity index (χ1n) is 7.60. The van der Waals surface area contributed by atoms with Gasteiger partial charge in [-0.1, -0.05) is 85.8 Å². The van der Waals surface area contributed by atoms with Gasteiger partial charge in [0.05, 0.1) is 16.5 Å². The monoisotopic (exact) mass is 324 g/mol. The van der Waals surface area contributed by atoms with Crippen molar-refractivity contribution in [3.8, 4) is 0 Å². The van der Waals surface area contributed by atoms with E-state index in [1.54, 1.807) is 0 Å². The maximum atomic E-state index is 6.38. The molecule has 0 spiro atoms. The van der Waals surface area contributed by atoms with Crippen LogP contribution in [-0.4, -0.2) is 10.4 Å². The van der Waals surface area contributed by atoms with E-state index in [-0.39, 0.29) is 11.7 Å². The summed E-state index contributed by atoms with van der Waals surface area (Å²) in [4.78, 5) is 0.459. The second-order valence-corrected chi connectivity index (χ2v) is 6.61. The molecule has 0 amide bonds. The van der Waals surface area contributed by atoms with E-state index >= 15 is 0 Å². The van der Waals surface area contributed by atoms with E-state index in [2.05, 4.69) is 60.1 Å². The maximum absolute atomic E-state index is 6.38. The summed E-state index contributed by atoms with van der Waals surface area (Å²) >= 11 is 3.92. The van der Waals surface area contributed by atoms with Gasteiger partial charge in [-0.3, -0.25) is 0 Å². The van der Waals surface area contributed by atoms with Crippen LogP contribution in [0.1, 0.15) is 64.0 Å². The van der Waals surface area contributed by atoms with Gasteiger partial charge in [-0.15, -0.1) is 0 Å². The van der Waals surface area contributed by atoms with Gasteiger partial charge in [0.25, 0.3) is 0 Å². The molecule has 0 unspecified atom stereocenters. The Morgan fingerprint density at radius 2 is 1.63 bits per heavy atom. The number of hydrogen-bond donors (Lipinski definition) is 0. The summed E-state index contributed by atoms with van der Waals surface area (Å²) in [5.74, 6) is 0. The lowest BCUT2D eigenvalue weighted by atomic mass is 9.78. The molecule has 1 aliphatic rings. The lowest BCUT2D eigenvalue weighted by molar-refractivity contribution is -0.207. The molecule has 0 aromatic heterocycles. The minimum Gasteiger partial charge on any atom is -0.365 e. The largest absolute Gasteiger partial charge is 0.365 e. The highest BCUT2D eigenvalue weighted by molar-refractivity contribution is 9.09. The van der Waals surface area contributed by atoms with Gasteiger partial charge in [-0.2, -0.15) is 0 Å². The molecule has 1 aromatic carbocycles. The molecule has 2 rings (SSSR count). The third kappa shape index (κ3) is 3.22. The first-order chi connectivity index (χ1) is 9.23. The van der Waals surface area contributed by atoms with Crippen molar-refractivity contribution in [1.29, 1.82) is 0 Å². The Balaban J connectivity index is 2.03. The van der Waals surface area contributed by atoms with Gasteiger partial charge in [-0.05, 0) is 18.4 Å². The van der Waals surface area contributed by atoms with Crippen molar-refractivity contribution in [2.24, 2.45) is 0 Å². The molecule has 0 radical (unpaired) electrons. The van der Waals surface area contributed by atoms with Crippen LogP contribution >= 0.6 is 15.9 Å². The van der Waals surface area contributed by atoms with Crippen LogP contribution in [0.3, 0.4) is 0 Å². The lowest BCUT2D eigenvalue weighted by Crippen LogP contribution is -2.56. The van der Waals surface area contributed by atoms with Gasteiger partial charge < -0.3 is 4.74 Å². The van der Waals surface area contributed by atoms with Gasteiger partial charge in [0.15, 0.2) is 0 Å².